The van der Waals surface area contributed by atoms with E-state index in [1.54, 1.807) is 0 Å². The maximum atomic E-state index is 2.41. The monoisotopic (exact) mass is 775 g/mol. The number of hydrogen-bond donors (Lipinski definition) is 0. The van der Waals surface area contributed by atoms with Crippen LogP contribution in [-0.4, -0.2) is 0 Å². The molecule has 11 aromatic carbocycles. The van der Waals surface area contributed by atoms with Gasteiger partial charge in [-0.2, -0.15) is 0 Å². The number of hydrogen-bond acceptors (Lipinski definition) is 1. The van der Waals surface area contributed by atoms with Crippen molar-refractivity contribution in [3.63, 3.8) is 0 Å². The summed E-state index contributed by atoms with van der Waals surface area (Å²) in [5, 5.41) is 7.45. The highest BCUT2D eigenvalue weighted by Gasteiger charge is 2.18. The topological polar surface area (TPSA) is 3.24 Å². The zero-order valence-corrected chi connectivity index (χ0v) is 33.6. The van der Waals surface area contributed by atoms with Crippen molar-refractivity contribution in [3.8, 4) is 55.6 Å². The lowest BCUT2D eigenvalue weighted by molar-refractivity contribution is 1.29. The molecule has 0 aliphatic carbocycles. The van der Waals surface area contributed by atoms with Crippen molar-refractivity contribution >= 4 is 49.4 Å². The van der Waals surface area contributed by atoms with Crippen molar-refractivity contribution < 1.29 is 0 Å². The third-order valence-corrected chi connectivity index (χ3v) is 12.1. The first-order valence-electron chi connectivity index (χ1n) is 21.0. The van der Waals surface area contributed by atoms with Gasteiger partial charge in [0.2, 0.25) is 0 Å². The number of anilines is 3. The molecule has 61 heavy (non-hydrogen) atoms. The normalized spacial score (nSPS) is 11.3. The van der Waals surface area contributed by atoms with Gasteiger partial charge in [-0.15, -0.1) is 0 Å². The van der Waals surface area contributed by atoms with E-state index < -0.39 is 0 Å². The summed E-state index contributed by atoms with van der Waals surface area (Å²) in [5.74, 6) is 0. The van der Waals surface area contributed by atoms with Crippen LogP contribution in [0.15, 0.2) is 249 Å². The number of benzene rings is 11. The van der Waals surface area contributed by atoms with E-state index in [9.17, 15) is 0 Å². The van der Waals surface area contributed by atoms with Crippen molar-refractivity contribution in [1.82, 2.24) is 0 Å². The second-order valence-electron chi connectivity index (χ2n) is 15.7. The Kier molecular flexibility index (Phi) is 9.26. The van der Waals surface area contributed by atoms with Gasteiger partial charge in [0.15, 0.2) is 0 Å². The Morgan fingerprint density at radius 1 is 0.197 bits per heavy atom. The van der Waals surface area contributed by atoms with Gasteiger partial charge in [-0.3, -0.25) is 0 Å². The number of nitrogens with zero attached hydrogens (tertiary/aromatic N) is 1. The third kappa shape index (κ3) is 6.83. The molecule has 0 heterocycles. The van der Waals surface area contributed by atoms with Crippen LogP contribution in [0.4, 0.5) is 17.1 Å². The molecule has 0 unspecified atom stereocenters. The van der Waals surface area contributed by atoms with Gasteiger partial charge in [-0.25, -0.2) is 0 Å². The van der Waals surface area contributed by atoms with Crippen LogP contribution in [0, 0.1) is 0 Å². The Morgan fingerprint density at radius 3 is 1.26 bits per heavy atom. The molecule has 11 aromatic rings. The predicted octanol–water partition coefficient (Wildman–Crippen LogP) is 17.0. The lowest BCUT2D eigenvalue weighted by Crippen LogP contribution is -2.10. The molecule has 0 fully saturated rings. The summed E-state index contributed by atoms with van der Waals surface area (Å²) in [6, 6.07) is 90.5. The van der Waals surface area contributed by atoms with E-state index in [1.165, 1.54) is 82.4 Å². The van der Waals surface area contributed by atoms with E-state index >= 15 is 0 Å². The molecule has 0 bridgehead atoms. The molecule has 0 aliphatic heterocycles. The predicted molar refractivity (Wildman–Crippen MR) is 261 cm³/mol. The van der Waals surface area contributed by atoms with Crippen LogP contribution in [0.25, 0.3) is 88.0 Å². The quantitative estimate of drug-likeness (QED) is 0.139. The van der Waals surface area contributed by atoms with E-state index in [2.05, 4.69) is 254 Å². The molecule has 0 atom stereocenters. The first-order valence-corrected chi connectivity index (χ1v) is 21.0. The molecule has 0 N–H and O–H groups in total. The standard InChI is InChI=1S/C60H41N/c1-3-14-42(15-4-1)53-22-11-12-23-55(53)46-27-30-48(31-28-46)60-41-52(38-39-58(60)43-16-5-2-6-17-43)61(51-37-34-49-29-26-45-19-8-10-24-57(45)59(49)40-51)50-35-32-47(33-36-50)56-25-13-20-44-18-7-9-21-54(44)56/h1-41H. The van der Waals surface area contributed by atoms with Crippen LogP contribution < -0.4 is 4.90 Å². The minimum absolute atomic E-state index is 1.09. The van der Waals surface area contributed by atoms with Gasteiger partial charge in [-0.1, -0.05) is 212 Å². The molecule has 286 valence electrons. The van der Waals surface area contributed by atoms with Gasteiger partial charge >= 0.3 is 0 Å². The maximum absolute atomic E-state index is 2.41. The van der Waals surface area contributed by atoms with Crippen LogP contribution in [0.2, 0.25) is 0 Å². The lowest BCUT2D eigenvalue weighted by Gasteiger charge is -2.27. The fraction of sp³-hybridized carbons (Fsp3) is 0. The molecular weight excluding hydrogens is 735 g/mol. The average molecular weight is 776 g/mol. The molecule has 0 saturated heterocycles. The molecule has 0 radical (unpaired) electrons. The summed E-state index contributed by atoms with van der Waals surface area (Å²) in [4.78, 5) is 2.41. The Bertz CT molecular complexity index is 3330. The molecule has 0 saturated carbocycles. The Balaban J connectivity index is 1.07. The summed E-state index contributed by atoms with van der Waals surface area (Å²) >= 11 is 0. The average Bonchev–Trinajstić information content (AvgIpc) is 3.34. The second-order valence-corrected chi connectivity index (χ2v) is 15.7. The SMILES string of the molecule is c1ccc(-c2ccccc2-c2ccc(-c3cc(N(c4ccc(-c5cccc6ccccc56)cc4)c4ccc5ccc6ccccc6c5c4)ccc3-c3ccccc3)cc2)cc1. The molecule has 1 nitrogen and oxygen atoms in total. The molecule has 0 aliphatic rings. The summed E-state index contributed by atoms with van der Waals surface area (Å²) in [6.07, 6.45) is 0. The van der Waals surface area contributed by atoms with Crippen molar-refractivity contribution in [2.75, 3.05) is 4.90 Å². The van der Waals surface area contributed by atoms with E-state index in [4.69, 9.17) is 0 Å². The first kappa shape index (κ1) is 36.1. The van der Waals surface area contributed by atoms with E-state index in [0.29, 0.717) is 0 Å². The largest absolute Gasteiger partial charge is 0.310 e. The fourth-order valence-electron chi connectivity index (χ4n) is 9.06. The van der Waals surface area contributed by atoms with E-state index in [1.807, 2.05) is 0 Å². The van der Waals surface area contributed by atoms with Gasteiger partial charge in [0, 0.05) is 17.1 Å². The van der Waals surface area contributed by atoms with E-state index in [0.717, 1.165) is 22.6 Å². The van der Waals surface area contributed by atoms with Crippen molar-refractivity contribution in [2.24, 2.45) is 0 Å². The van der Waals surface area contributed by atoms with Gasteiger partial charge in [0.25, 0.3) is 0 Å². The highest BCUT2D eigenvalue weighted by Crippen LogP contribution is 2.43. The summed E-state index contributed by atoms with van der Waals surface area (Å²) in [6.45, 7) is 0. The molecule has 1 heteroatoms. The third-order valence-electron chi connectivity index (χ3n) is 12.1. The van der Waals surface area contributed by atoms with Crippen LogP contribution in [-0.2, 0) is 0 Å². The molecular formula is C60H41N. The maximum Gasteiger partial charge on any atom is 0.0468 e. The second kappa shape index (κ2) is 15.6. The molecule has 11 rings (SSSR count). The van der Waals surface area contributed by atoms with Crippen molar-refractivity contribution in [2.45, 2.75) is 0 Å². The smallest absolute Gasteiger partial charge is 0.0468 e. The van der Waals surface area contributed by atoms with Gasteiger partial charge in [-0.05, 0) is 124 Å². The molecule has 0 spiro atoms. The number of rotatable bonds is 8. The highest BCUT2D eigenvalue weighted by atomic mass is 15.1. The Morgan fingerprint density at radius 2 is 0.590 bits per heavy atom. The summed E-state index contributed by atoms with van der Waals surface area (Å²) < 4.78 is 0. The Hall–Kier alpha value is -8.00. The van der Waals surface area contributed by atoms with Gasteiger partial charge in [0.1, 0.15) is 0 Å². The van der Waals surface area contributed by atoms with Gasteiger partial charge < -0.3 is 4.90 Å². The zero-order valence-electron chi connectivity index (χ0n) is 33.6. The minimum atomic E-state index is 1.09. The summed E-state index contributed by atoms with van der Waals surface area (Å²) in [5.41, 5.74) is 15.3. The highest BCUT2D eigenvalue weighted by molar-refractivity contribution is 6.09. The zero-order chi connectivity index (χ0) is 40.5. The van der Waals surface area contributed by atoms with Crippen LogP contribution >= 0.6 is 0 Å². The van der Waals surface area contributed by atoms with Crippen LogP contribution in [0.3, 0.4) is 0 Å². The first-order chi connectivity index (χ1) is 30.2. The number of fused-ring (bicyclic) bond motifs is 4. The lowest BCUT2D eigenvalue weighted by atomic mass is 9.91. The molecule has 0 amide bonds. The Labute approximate surface area is 357 Å². The van der Waals surface area contributed by atoms with E-state index in [-0.39, 0.29) is 0 Å². The van der Waals surface area contributed by atoms with Crippen molar-refractivity contribution in [1.29, 1.82) is 0 Å². The van der Waals surface area contributed by atoms with Crippen LogP contribution in [0.1, 0.15) is 0 Å². The summed E-state index contributed by atoms with van der Waals surface area (Å²) in [7, 11) is 0. The minimum Gasteiger partial charge on any atom is -0.310 e. The fourth-order valence-corrected chi connectivity index (χ4v) is 9.06. The van der Waals surface area contributed by atoms with Gasteiger partial charge in [0.05, 0.1) is 0 Å². The van der Waals surface area contributed by atoms with Crippen molar-refractivity contribution in [3.05, 3.63) is 249 Å². The van der Waals surface area contributed by atoms with Crippen LogP contribution in [0.5, 0.6) is 0 Å². The molecule has 0 aromatic heterocycles.